The Morgan fingerprint density at radius 1 is 1.36 bits per heavy atom. The van der Waals surface area contributed by atoms with Crippen LogP contribution in [-0.2, 0) is 24.2 Å². The molecule has 0 unspecified atom stereocenters. The Labute approximate surface area is 132 Å². The van der Waals surface area contributed by atoms with E-state index in [1.807, 2.05) is 23.6 Å². The topological polar surface area (TPSA) is 86.5 Å². The molecule has 7 heteroatoms. The van der Waals surface area contributed by atoms with Gasteiger partial charge in [0, 0.05) is 18.3 Å². The van der Waals surface area contributed by atoms with Crippen molar-refractivity contribution in [2.24, 2.45) is 5.73 Å². The summed E-state index contributed by atoms with van der Waals surface area (Å²) in [6, 6.07) is 5.64. The van der Waals surface area contributed by atoms with Crippen molar-refractivity contribution in [2.75, 3.05) is 13.3 Å². The van der Waals surface area contributed by atoms with E-state index in [1.54, 1.807) is 11.3 Å². The van der Waals surface area contributed by atoms with Crippen molar-refractivity contribution in [1.29, 1.82) is 0 Å². The molecule has 0 spiro atoms. The molecule has 0 radical (unpaired) electrons. The average molecular weight is 319 g/mol. The first-order valence-corrected chi connectivity index (χ1v) is 7.91. The van der Waals surface area contributed by atoms with Crippen LogP contribution in [0.15, 0.2) is 23.6 Å². The Bertz CT molecular complexity index is 672. The fourth-order valence-electron chi connectivity index (χ4n) is 2.15. The van der Waals surface area contributed by atoms with Crippen molar-refractivity contribution in [3.63, 3.8) is 0 Å². The minimum Gasteiger partial charge on any atom is -0.454 e. The number of nitrogens with two attached hydrogens (primary N) is 1. The summed E-state index contributed by atoms with van der Waals surface area (Å²) in [7, 11) is 0. The van der Waals surface area contributed by atoms with Crippen molar-refractivity contribution in [2.45, 2.75) is 19.4 Å². The first-order chi connectivity index (χ1) is 10.7. The number of rotatable bonds is 6. The second kappa shape index (κ2) is 6.76. The molecule has 6 nitrogen and oxygen atoms in total. The summed E-state index contributed by atoms with van der Waals surface area (Å²) in [5.74, 6) is 1.41. The van der Waals surface area contributed by atoms with Gasteiger partial charge in [-0.3, -0.25) is 4.79 Å². The van der Waals surface area contributed by atoms with Gasteiger partial charge < -0.3 is 20.5 Å². The maximum atomic E-state index is 12.0. The van der Waals surface area contributed by atoms with Crippen LogP contribution in [0.3, 0.4) is 0 Å². The zero-order chi connectivity index (χ0) is 15.4. The Hall–Kier alpha value is -2.12. The summed E-state index contributed by atoms with van der Waals surface area (Å²) >= 11 is 1.54. The lowest BCUT2D eigenvalue weighted by Crippen LogP contribution is -2.24. The molecule has 0 saturated carbocycles. The highest BCUT2D eigenvalue weighted by atomic mass is 32.1. The highest BCUT2D eigenvalue weighted by Crippen LogP contribution is 2.32. The molecule has 22 heavy (non-hydrogen) atoms. The van der Waals surface area contributed by atoms with Crippen LogP contribution in [0, 0.1) is 0 Å². The van der Waals surface area contributed by atoms with E-state index < -0.39 is 0 Å². The number of fused-ring (bicyclic) bond motifs is 1. The van der Waals surface area contributed by atoms with Gasteiger partial charge >= 0.3 is 0 Å². The summed E-state index contributed by atoms with van der Waals surface area (Å²) < 4.78 is 10.6. The van der Waals surface area contributed by atoms with E-state index in [0.717, 1.165) is 34.2 Å². The number of ether oxygens (including phenoxy) is 2. The lowest BCUT2D eigenvalue weighted by atomic mass is 10.2. The monoisotopic (exact) mass is 319 g/mol. The second-order valence-corrected chi connectivity index (χ2v) is 5.86. The summed E-state index contributed by atoms with van der Waals surface area (Å²) in [5.41, 5.74) is 7.25. The molecule has 0 bridgehead atoms. The van der Waals surface area contributed by atoms with Crippen LogP contribution >= 0.6 is 11.3 Å². The Morgan fingerprint density at radius 3 is 3.09 bits per heavy atom. The van der Waals surface area contributed by atoms with Gasteiger partial charge in [0.2, 0.25) is 12.7 Å². The highest BCUT2D eigenvalue weighted by Gasteiger charge is 2.13. The minimum absolute atomic E-state index is 0.0535. The quantitative estimate of drug-likeness (QED) is 0.836. The van der Waals surface area contributed by atoms with Gasteiger partial charge in [-0.05, 0) is 24.2 Å². The van der Waals surface area contributed by atoms with Crippen molar-refractivity contribution < 1.29 is 14.3 Å². The summed E-state index contributed by atoms with van der Waals surface area (Å²) in [6.45, 7) is 1.28. The first-order valence-electron chi connectivity index (χ1n) is 7.03. The van der Waals surface area contributed by atoms with E-state index in [-0.39, 0.29) is 19.1 Å². The van der Waals surface area contributed by atoms with E-state index in [4.69, 9.17) is 15.2 Å². The molecule has 1 amide bonds. The number of hydrogen-bond acceptors (Lipinski definition) is 6. The van der Waals surface area contributed by atoms with E-state index in [2.05, 4.69) is 10.3 Å². The van der Waals surface area contributed by atoms with Gasteiger partial charge in [0.25, 0.3) is 0 Å². The largest absolute Gasteiger partial charge is 0.454 e. The SMILES string of the molecule is NCCc1nc(CC(=O)NCc2ccc3c(c2)OCO3)cs1. The van der Waals surface area contributed by atoms with E-state index in [1.165, 1.54) is 0 Å². The molecule has 3 rings (SSSR count). The molecule has 0 fully saturated rings. The van der Waals surface area contributed by atoms with Crippen LogP contribution in [0.25, 0.3) is 0 Å². The number of nitrogens with one attached hydrogen (secondary N) is 1. The molecule has 0 saturated heterocycles. The Kier molecular flexibility index (Phi) is 4.55. The standard InChI is InChI=1S/C15H17N3O3S/c16-4-3-15-18-11(8-22-15)6-14(19)17-7-10-1-2-12-13(5-10)21-9-20-12/h1-2,5,8H,3-4,6-7,9,16H2,(H,17,19). The summed E-state index contributed by atoms with van der Waals surface area (Å²) in [4.78, 5) is 16.3. The van der Waals surface area contributed by atoms with E-state index in [0.29, 0.717) is 13.1 Å². The lowest BCUT2D eigenvalue weighted by molar-refractivity contribution is -0.120. The fourth-order valence-corrected chi connectivity index (χ4v) is 2.96. The molecule has 1 aliphatic heterocycles. The number of thiazole rings is 1. The molecular formula is C15H17N3O3S. The van der Waals surface area contributed by atoms with Crippen LogP contribution in [0.2, 0.25) is 0 Å². The smallest absolute Gasteiger partial charge is 0.231 e. The Balaban J connectivity index is 1.51. The third-order valence-corrected chi connectivity index (χ3v) is 4.18. The van der Waals surface area contributed by atoms with Crippen molar-refractivity contribution in [3.8, 4) is 11.5 Å². The number of aromatic nitrogens is 1. The zero-order valence-electron chi connectivity index (χ0n) is 12.0. The van der Waals surface area contributed by atoms with Crippen molar-refractivity contribution >= 4 is 17.2 Å². The second-order valence-electron chi connectivity index (χ2n) is 4.91. The predicted octanol–water partition coefficient (Wildman–Crippen LogP) is 1.23. The van der Waals surface area contributed by atoms with Gasteiger partial charge in [-0.15, -0.1) is 11.3 Å². The van der Waals surface area contributed by atoms with Crippen molar-refractivity contribution in [3.05, 3.63) is 39.8 Å². The molecular weight excluding hydrogens is 302 g/mol. The molecule has 1 aliphatic rings. The van der Waals surface area contributed by atoms with Gasteiger partial charge in [-0.1, -0.05) is 6.07 Å². The summed E-state index contributed by atoms with van der Waals surface area (Å²) in [6.07, 6.45) is 1.04. The molecule has 3 N–H and O–H groups in total. The van der Waals surface area contributed by atoms with Gasteiger partial charge in [0.05, 0.1) is 17.1 Å². The van der Waals surface area contributed by atoms with E-state index in [9.17, 15) is 4.79 Å². The number of nitrogens with zero attached hydrogens (tertiary/aromatic N) is 1. The molecule has 1 aromatic heterocycles. The lowest BCUT2D eigenvalue weighted by Gasteiger charge is -2.05. The van der Waals surface area contributed by atoms with Gasteiger partial charge in [-0.25, -0.2) is 4.98 Å². The third-order valence-electron chi connectivity index (χ3n) is 3.23. The molecule has 2 aromatic rings. The van der Waals surface area contributed by atoms with Gasteiger partial charge in [-0.2, -0.15) is 0 Å². The van der Waals surface area contributed by atoms with Crippen LogP contribution in [0.1, 0.15) is 16.3 Å². The predicted molar refractivity (Wildman–Crippen MR) is 83.0 cm³/mol. The number of carbonyl (C=O) groups is 1. The molecule has 2 heterocycles. The molecule has 0 atom stereocenters. The van der Waals surface area contributed by atoms with Gasteiger partial charge in [0.1, 0.15) is 0 Å². The van der Waals surface area contributed by atoms with Crippen LogP contribution in [-0.4, -0.2) is 24.2 Å². The van der Waals surface area contributed by atoms with Crippen molar-refractivity contribution in [1.82, 2.24) is 10.3 Å². The third kappa shape index (κ3) is 3.55. The fraction of sp³-hybridized carbons (Fsp3) is 0.333. The van der Waals surface area contributed by atoms with Crippen LogP contribution < -0.4 is 20.5 Å². The Morgan fingerprint density at radius 2 is 2.23 bits per heavy atom. The average Bonchev–Trinajstić information content (AvgIpc) is 3.14. The first kappa shape index (κ1) is 14.8. The zero-order valence-corrected chi connectivity index (χ0v) is 12.8. The number of hydrogen-bond donors (Lipinski definition) is 2. The normalized spacial score (nSPS) is 12.4. The molecule has 0 aliphatic carbocycles. The number of benzene rings is 1. The maximum Gasteiger partial charge on any atom is 0.231 e. The number of carbonyl (C=O) groups excluding carboxylic acids is 1. The maximum absolute atomic E-state index is 12.0. The summed E-state index contributed by atoms with van der Waals surface area (Å²) in [5, 5.41) is 5.77. The molecule has 116 valence electrons. The van der Waals surface area contributed by atoms with Crippen LogP contribution in [0.4, 0.5) is 0 Å². The van der Waals surface area contributed by atoms with Crippen LogP contribution in [0.5, 0.6) is 11.5 Å². The van der Waals surface area contributed by atoms with E-state index >= 15 is 0 Å². The number of amides is 1. The minimum atomic E-state index is -0.0535. The molecule has 1 aromatic carbocycles. The van der Waals surface area contributed by atoms with Gasteiger partial charge in [0.15, 0.2) is 11.5 Å². The highest BCUT2D eigenvalue weighted by molar-refractivity contribution is 7.09.